The summed E-state index contributed by atoms with van der Waals surface area (Å²) in [6, 6.07) is 4.45. The van der Waals surface area contributed by atoms with Crippen LogP contribution in [0.3, 0.4) is 0 Å². The highest BCUT2D eigenvalue weighted by atomic mass is 32.1. The molecule has 1 rings (SSSR count). The first-order valence-corrected chi connectivity index (χ1v) is 6.85. The Labute approximate surface area is 103 Å². The van der Waals surface area contributed by atoms with Crippen LogP contribution in [0.2, 0.25) is 0 Å². The van der Waals surface area contributed by atoms with E-state index in [0.717, 1.165) is 11.3 Å². The Morgan fingerprint density at radius 2 is 2.19 bits per heavy atom. The topological polar surface area (TPSA) is 32.3 Å². The van der Waals surface area contributed by atoms with Gasteiger partial charge < -0.3 is 10.4 Å². The minimum absolute atomic E-state index is 0.478. The Balaban J connectivity index is 2.54. The number of hydrogen-bond donors (Lipinski definition) is 2. The van der Waals surface area contributed by atoms with Crippen LogP contribution in [0.5, 0.6) is 0 Å². The summed E-state index contributed by atoms with van der Waals surface area (Å²) < 4.78 is 0. The normalized spacial score (nSPS) is 17.4. The molecule has 2 atom stereocenters. The van der Waals surface area contributed by atoms with Gasteiger partial charge in [-0.2, -0.15) is 0 Å². The molecule has 0 aliphatic carbocycles. The maximum Gasteiger partial charge on any atom is 0.108 e. The molecule has 16 heavy (non-hydrogen) atoms. The van der Waals surface area contributed by atoms with Crippen molar-refractivity contribution in [3.05, 3.63) is 22.4 Å². The molecular formula is C13H23NOS. The third kappa shape index (κ3) is 3.58. The molecular weight excluding hydrogens is 218 g/mol. The van der Waals surface area contributed by atoms with Gasteiger partial charge in [-0.1, -0.05) is 26.8 Å². The van der Waals surface area contributed by atoms with E-state index in [4.69, 9.17) is 0 Å². The first-order chi connectivity index (χ1) is 7.47. The Morgan fingerprint density at radius 3 is 2.62 bits per heavy atom. The molecule has 0 spiro atoms. The van der Waals surface area contributed by atoms with Gasteiger partial charge in [0.1, 0.15) is 5.60 Å². The summed E-state index contributed by atoms with van der Waals surface area (Å²) in [4.78, 5) is 1.03. The highest BCUT2D eigenvalue weighted by Crippen LogP contribution is 2.24. The molecule has 0 saturated heterocycles. The SMILES string of the molecule is CCC(NCC(C)(O)c1cccs1)C(C)C. The second-order valence-electron chi connectivity index (χ2n) is 4.89. The summed E-state index contributed by atoms with van der Waals surface area (Å²) in [6.07, 6.45) is 1.10. The summed E-state index contributed by atoms with van der Waals surface area (Å²) >= 11 is 1.61. The third-order valence-corrected chi connectivity index (χ3v) is 4.13. The summed E-state index contributed by atoms with van der Waals surface area (Å²) in [5.41, 5.74) is -0.753. The van der Waals surface area contributed by atoms with E-state index in [-0.39, 0.29) is 0 Å². The Kier molecular flexibility index (Phi) is 4.96. The second kappa shape index (κ2) is 5.80. The van der Waals surface area contributed by atoms with Gasteiger partial charge in [-0.25, -0.2) is 0 Å². The molecule has 1 aromatic heterocycles. The average Bonchev–Trinajstić information content (AvgIpc) is 2.71. The molecule has 1 heterocycles. The molecule has 1 aromatic rings. The molecule has 0 fully saturated rings. The van der Waals surface area contributed by atoms with Crippen LogP contribution in [0.25, 0.3) is 0 Å². The Morgan fingerprint density at radius 1 is 1.50 bits per heavy atom. The Bertz CT molecular complexity index is 293. The maximum atomic E-state index is 10.3. The minimum atomic E-state index is -0.753. The fourth-order valence-electron chi connectivity index (χ4n) is 1.85. The second-order valence-corrected chi connectivity index (χ2v) is 5.84. The van der Waals surface area contributed by atoms with Crippen molar-refractivity contribution < 1.29 is 5.11 Å². The van der Waals surface area contributed by atoms with Crippen molar-refractivity contribution in [2.45, 2.75) is 45.8 Å². The van der Waals surface area contributed by atoms with E-state index in [1.54, 1.807) is 11.3 Å². The number of aliphatic hydroxyl groups is 1. The van der Waals surface area contributed by atoms with Crippen molar-refractivity contribution in [2.24, 2.45) is 5.92 Å². The average molecular weight is 241 g/mol. The van der Waals surface area contributed by atoms with Crippen LogP contribution >= 0.6 is 11.3 Å². The molecule has 2 nitrogen and oxygen atoms in total. The van der Waals surface area contributed by atoms with Crippen LogP contribution < -0.4 is 5.32 Å². The zero-order valence-corrected chi connectivity index (χ0v) is 11.5. The standard InChI is InChI=1S/C13H23NOS/c1-5-11(10(2)3)14-9-13(4,15)12-7-6-8-16-12/h6-8,10-11,14-15H,5,9H2,1-4H3. The largest absolute Gasteiger partial charge is 0.383 e. The van der Waals surface area contributed by atoms with Crippen molar-refractivity contribution in [3.8, 4) is 0 Å². The lowest BCUT2D eigenvalue weighted by atomic mass is 9.99. The van der Waals surface area contributed by atoms with Crippen LogP contribution in [0.15, 0.2) is 17.5 Å². The molecule has 0 bridgehead atoms. The van der Waals surface area contributed by atoms with Gasteiger partial charge in [0.05, 0.1) is 0 Å². The lowest BCUT2D eigenvalue weighted by Crippen LogP contribution is -2.42. The lowest BCUT2D eigenvalue weighted by molar-refractivity contribution is 0.0554. The molecule has 2 unspecified atom stereocenters. The van der Waals surface area contributed by atoms with Crippen molar-refractivity contribution in [1.29, 1.82) is 0 Å². The van der Waals surface area contributed by atoms with E-state index in [1.165, 1.54) is 0 Å². The molecule has 0 amide bonds. The van der Waals surface area contributed by atoms with Gasteiger partial charge in [0.25, 0.3) is 0 Å². The van der Waals surface area contributed by atoms with Crippen molar-refractivity contribution in [1.82, 2.24) is 5.32 Å². The fraction of sp³-hybridized carbons (Fsp3) is 0.692. The summed E-state index contributed by atoms with van der Waals surface area (Å²) in [6.45, 7) is 9.09. The van der Waals surface area contributed by atoms with Gasteiger partial charge in [0, 0.05) is 17.5 Å². The molecule has 92 valence electrons. The summed E-state index contributed by atoms with van der Waals surface area (Å²) in [5.74, 6) is 0.601. The first kappa shape index (κ1) is 13.7. The molecule has 0 aliphatic rings. The smallest absolute Gasteiger partial charge is 0.108 e. The summed E-state index contributed by atoms with van der Waals surface area (Å²) in [7, 11) is 0. The lowest BCUT2D eigenvalue weighted by Gasteiger charge is -2.28. The fourth-order valence-corrected chi connectivity index (χ4v) is 2.64. The van der Waals surface area contributed by atoms with E-state index in [2.05, 4.69) is 26.1 Å². The van der Waals surface area contributed by atoms with Crippen LogP contribution in [-0.2, 0) is 5.60 Å². The van der Waals surface area contributed by atoms with Gasteiger partial charge in [0.2, 0.25) is 0 Å². The number of thiophene rings is 1. The van der Waals surface area contributed by atoms with Gasteiger partial charge in [-0.3, -0.25) is 0 Å². The number of hydrogen-bond acceptors (Lipinski definition) is 3. The number of nitrogens with one attached hydrogen (secondary N) is 1. The molecule has 0 radical (unpaired) electrons. The van der Waals surface area contributed by atoms with E-state index in [1.807, 2.05) is 24.4 Å². The van der Waals surface area contributed by atoms with Crippen molar-refractivity contribution in [2.75, 3.05) is 6.54 Å². The predicted octanol–water partition coefficient (Wildman–Crippen LogP) is 2.98. The molecule has 2 N–H and O–H groups in total. The highest BCUT2D eigenvalue weighted by molar-refractivity contribution is 7.10. The van der Waals surface area contributed by atoms with Crippen molar-refractivity contribution >= 4 is 11.3 Å². The summed E-state index contributed by atoms with van der Waals surface area (Å²) in [5, 5.41) is 15.8. The van der Waals surface area contributed by atoms with Gasteiger partial charge in [-0.05, 0) is 30.7 Å². The van der Waals surface area contributed by atoms with Gasteiger partial charge >= 0.3 is 0 Å². The van der Waals surface area contributed by atoms with E-state index < -0.39 is 5.60 Å². The highest BCUT2D eigenvalue weighted by Gasteiger charge is 2.25. The van der Waals surface area contributed by atoms with Gasteiger partial charge in [-0.15, -0.1) is 11.3 Å². The first-order valence-electron chi connectivity index (χ1n) is 5.97. The molecule has 0 aromatic carbocycles. The van der Waals surface area contributed by atoms with E-state index in [0.29, 0.717) is 18.5 Å². The molecule has 0 saturated carbocycles. The predicted molar refractivity (Wildman–Crippen MR) is 70.8 cm³/mol. The monoisotopic (exact) mass is 241 g/mol. The molecule has 3 heteroatoms. The van der Waals surface area contributed by atoms with Gasteiger partial charge in [0.15, 0.2) is 0 Å². The Hall–Kier alpha value is -0.380. The van der Waals surface area contributed by atoms with E-state index >= 15 is 0 Å². The number of rotatable bonds is 6. The van der Waals surface area contributed by atoms with Crippen LogP contribution in [0.4, 0.5) is 0 Å². The van der Waals surface area contributed by atoms with Crippen LogP contribution in [0.1, 0.15) is 39.0 Å². The van der Waals surface area contributed by atoms with Crippen molar-refractivity contribution in [3.63, 3.8) is 0 Å². The maximum absolute atomic E-state index is 10.3. The quantitative estimate of drug-likeness (QED) is 0.802. The van der Waals surface area contributed by atoms with Crippen LogP contribution in [-0.4, -0.2) is 17.7 Å². The molecule has 0 aliphatic heterocycles. The zero-order valence-electron chi connectivity index (χ0n) is 10.7. The minimum Gasteiger partial charge on any atom is -0.383 e. The van der Waals surface area contributed by atoms with E-state index in [9.17, 15) is 5.11 Å². The van der Waals surface area contributed by atoms with Crippen LogP contribution in [0, 0.1) is 5.92 Å². The zero-order chi connectivity index (χ0) is 12.2. The third-order valence-electron chi connectivity index (χ3n) is 3.01.